The zero-order valence-electron chi connectivity index (χ0n) is 6.13. The summed E-state index contributed by atoms with van der Waals surface area (Å²) in [6, 6.07) is -0.829. The summed E-state index contributed by atoms with van der Waals surface area (Å²) in [4.78, 5) is 13.3. The highest BCUT2D eigenvalue weighted by Gasteiger charge is 2.16. The monoisotopic (exact) mass is 149 g/mol. The highest BCUT2D eigenvalue weighted by Crippen LogP contribution is 2.03. The summed E-state index contributed by atoms with van der Waals surface area (Å²) in [5, 5.41) is 0. The van der Waals surface area contributed by atoms with Crippen LogP contribution < -0.4 is 5.73 Å². The first-order chi connectivity index (χ1) is 4.57. The largest absolute Gasteiger partial charge is 0.365 e. The fourth-order valence-corrected chi connectivity index (χ4v) is 0.661. The molecule has 0 saturated carbocycles. The van der Waals surface area contributed by atoms with E-state index >= 15 is 0 Å². The molecule has 0 bridgehead atoms. The smallest absolute Gasteiger partial charge is 0.318 e. The lowest BCUT2D eigenvalue weighted by molar-refractivity contribution is -0.185. The van der Waals surface area contributed by atoms with E-state index in [4.69, 9.17) is 5.73 Å². The lowest BCUT2D eigenvalue weighted by Gasteiger charge is -2.08. The molecule has 0 aromatic heterocycles. The molecule has 0 aliphatic heterocycles. The van der Waals surface area contributed by atoms with Gasteiger partial charge >= 0.3 is 5.97 Å². The maximum atomic E-state index is 11.2. The van der Waals surface area contributed by atoms with E-state index in [1.54, 1.807) is 0 Å². The van der Waals surface area contributed by atoms with Gasteiger partial charge in [0.25, 0.3) is 0 Å². The molecule has 1 atom stereocenters. The van der Waals surface area contributed by atoms with Crippen LogP contribution in [0.3, 0.4) is 0 Å². The van der Waals surface area contributed by atoms with Crippen LogP contribution in [0.1, 0.15) is 20.3 Å². The second kappa shape index (κ2) is 4.22. The summed E-state index contributed by atoms with van der Waals surface area (Å²) in [5.41, 5.74) is 5.21. The number of nitrogens with two attached hydrogens (primary N) is 1. The van der Waals surface area contributed by atoms with Crippen molar-refractivity contribution in [2.45, 2.75) is 26.3 Å². The van der Waals surface area contributed by atoms with Gasteiger partial charge < -0.3 is 5.73 Å². The molecule has 3 nitrogen and oxygen atoms in total. The van der Waals surface area contributed by atoms with Crippen molar-refractivity contribution >= 4 is 5.97 Å². The van der Waals surface area contributed by atoms with Crippen molar-refractivity contribution in [2.75, 3.05) is 0 Å². The van der Waals surface area contributed by atoms with Gasteiger partial charge in [0.1, 0.15) is 6.04 Å². The third kappa shape index (κ3) is 3.40. The molecule has 4 heteroatoms. The highest BCUT2D eigenvalue weighted by atomic mass is 19.3. The molecule has 0 saturated heterocycles. The van der Waals surface area contributed by atoms with Gasteiger partial charge in [0.15, 0.2) is 0 Å². The van der Waals surface area contributed by atoms with Crippen LogP contribution in [0.2, 0.25) is 0 Å². The van der Waals surface area contributed by atoms with Gasteiger partial charge in [-0.1, -0.05) is 13.8 Å². The van der Waals surface area contributed by atoms with Gasteiger partial charge in [-0.05, 0) is 12.3 Å². The minimum Gasteiger partial charge on any atom is -0.318 e. The minimum absolute atomic E-state index is 0.272. The molecular formula is C6H12FNO2. The first-order valence-corrected chi connectivity index (χ1v) is 3.16. The zero-order chi connectivity index (χ0) is 8.15. The van der Waals surface area contributed by atoms with Gasteiger partial charge in [-0.15, -0.1) is 0 Å². The predicted octanol–water partition coefficient (Wildman–Crippen LogP) is 0.788. The van der Waals surface area contributed by atoms with Gasteiger partial charge in [-0.3, -0.25) is 4.94 Å². The second-order valence-corrected chi connectivity index (χ2v) is 2.63. The number of rotatable bonds is 3. The second-order valence-electron chi connectivity index (χ2n) is 2.63. The van der Waals surface area contributed by atoms with Crippen molar-refractivity contribution in [3.8, 4) is 0 Å². The van der Waals surface area contributed by atoms with Crippen LogP contribution in [0, 0.1) is 5.92 Å². The van der Waals surface area contributed by atoms with Crippen LogP contribution in [0.15, 0.2) is 0 Å². The van der Waals surface area contributed by atoms with Crippen molar-refractivity contribution in [3.05, 3.63) is 0 Å². The number of hydrogen-bond acceptors (Lipinski definition) is 3. The highest BCUT2D eigenvalue weighted by molar-refractivity contribution is 5.74. The zero-order valence-corrected chi connectivity index (χ0v) is 6.13. The number of carbonyl (C=O) groups excluding carboxylic acids is 1. The number of hydrogen-bond donors (Lipinski definition) is 1. The standard InChI is InChI=1S/C6H12FNO2/c1-4(2)3-5(8)6(9)10-7/h4-5H,3,8H2,1-2H3/t5-/m0/s1. The van der Waals surface area contributed by atoms with Crippen LogP contribution in [0.5, 0.6) is 0 Å². The molecule has 2 N–H and O–H groups in total. The molecule has 0 aliphatic rings. The fraction of sp³-hybridized carbons (Fsp3) is 0.833. The Kier molecular flexibility index (Phi) is 3.95. The van der Waals surface area contributed by atoms with E-state index in [9.17, 15) is 9.32 Å². The molecule has 0 aliphatic carbocycles. The van der Waals surface area contributed by atoms with Gasteiger partial charge in [0.2, 0.25) is 0 Å². The normalized spacial score (nSPS) is 13.3. The summed E-state index contributed by atoms with van der Waals surface area (Å²) in [6.07, 6.45) is 0.447. The molecule has 0 radical (unpaired) electrons. The molecule has 0 amide bonds. The SMILES string of the molecule is CC(C)C[C@H](N)C(=O)OF. The van der Waals surface area contributed by atoms with Crippen molar-refractivity contribution in [1.29, 1.82) is 0 Å². The molecule has 0 rings (SSSR count). The minimum atomic E-state index is -0.992. The van der Waals surface area contributed by atoms with Crippen LogP contribution in [-0.2, 0) is 9.74 Å². The molecule has 60 valence electrons. The molecule has 0 heterocycles. The molecular weight excluding hydrogens is 137 g/mol. The topological polar surface area (TPSA) is 52.3 Å². The van der Waals surface area contributed by atoms with E-state index in [0.29, 0.717) is 6.42 Å². The fourth-order valence-electron chi connectivity index (χ4n) is 0.661. The van der Waals surface area contributed by atoms with Gasteiger partial charge in [-0.25, -0.2) is 4.79 Å². The Morgan fingerprint density at radius 3 is 2.50 bits per heavy atom. The molecule has 0 spiro atoms. The van der Waals surface area contributed by atoms with Crippen molar-refractivity contribution in [3.63, 3.8) is 0 Å². The van der Waals surface area contributed by atoms with Crippen LogP contribution >= 0.6 is 0 Å². The van der Waals surface area contributed by atoms with Crippen molar-refractivity contribution in [2.24, 2.45) is 11.7 Å². The molecule has 0 fully saturated rings. The van der Waals surface area contributed by atoms with Crippen LogP contribution in [-0.4, -0.2) is 12.0 Å². The van der Waals surface area contributed by atoms with E-state index in [2.05, 4.69) is 4.94 Å². The Balaban J connectivity index is 3.61. The average molecular weight is 149 g/mol. The third-order valence-electron chi connectivity index (χ3n) is 1.10. The Morgan fingerprint density at radius 1 is 1.70 bits per heavy atom. The molecule has 0 aromatic carbocycles. The first-order valence-electron chi connectivity index (χ1n) is 3.16. The van der Waals surface area contributed by atoms with E-state index in [1.807, 2.05) is 13.8 Å². The van der Waals surface area contributed by atoms with Gasteiger partial charge in [-0.2, -0.15) is 0 Å². The lowest BCUT2D eigenvalue weighted by Crippen LogP contribution is -2.32. The summed E-state index contributed by atoms with van der Waals surface area (Å²) < 4.78 is 11.2. The maximum absolute atomic E-state index is 11.2. The summed E-state index contributed by atoms with van der Waals surface area (Å²) in [6.45, 7) is 3.79. The molecule has 0 unspecified atom stereocenters. The van der Waals surface area contributed by atoms with Crippen LogP contribution in [0.25, 0.3) is 0 Å². The Bertz CT molecular complexity index is 116. The number of carbonyl (C=O) groups is 1. The predicted molar refractivity (Wildman–Crippen MR) is 34.6 cm³/mol. The average Bonchev–Trinajstić information content (AvgIpc) is 1.85. The van der Waals surface area contributed by atoms with Gasteiger partial charge in [0.05, 0.1) is 0 Å². The molecule has 10 heavy (non-hydrogen) atoms. The Morgan fingerprint density at radius 2 is 2.20 bits per heavy atom. The third-order valence-corrected chi connectivity index (χ3v) is 1.10. The van der Waals surface area contributed by atoms with Crippen molar-refractivity contribution in [1.82, 2.24) is 0 Å². The first kappa shape index (κ1) is 9.36. The van der Waals surface area contributed by atoms with E-state index in [1.165, 1.54) is 0 Å². The van der Waals surface area contributed by atoms with E-state index in [-0.39, 0.29) is 5.92 Å². The summed E-state index contributed by atoms with van der Waals surface area (Å²) >= 11 is 0. The van der Waals surface area contributed by atoms with Crippen molar-refractivity contribution < 1.29 is 14.3 Å². The number of halogens is 1. The van der Waals surface area contributed by atoms with E-state index < -0.39 is 12.0 Å². The Hall–Kier alpha value is -0.640. The van der Waals surface area contributed by atoms with Gasteiger partial charge in [0, 0.05) is 4.53 Å². The maximum Gasteiger partial charge on any atom is 0.365 e. The molecule has 0 aromatic rings. The summed E-state index contributed by atoms with van der Waals surface area (Å²) in [7, 11) is 0. The van der Waals surface area contributed by atoms with E-state index in [0.717, 1.165) is 0 Å². The van der Waals surface area contributed by atoms with Crippen LogP contribution in [0.4, 0.5) is 4.53 Å². The quantitative estimate of drug-likeness (QED) is 0.645. The summed E-state index contributed by atoms with van der Waals surface area (Å²) in [5.74, 6) is -0.720. The lowest BCUT2D eigenvalue weighted by atomic mass is 10.1. The Labute approximate surface area is 59.2 Å².